The van der Waals surface area contributed by atoms with E-state index in [1.54, 1.807) is 31.4 Å². The fourth-order valence-electron chi connectivity index (χ4n) is 4.11. The van der Waals surface area contributed by atoms with Gasteiger partial charge in [-0.2, -0.15) is 5.10 Å². The molecule has 2 heterocycles. The minimum Gasteiger partial charge on any atom is -0.497 e. The Morgan fingerprint density at radius 2 is 1.70 bits per heavy atom. The number of hydrazone groups is 1. The van der Waals surface area contributed by atoms with Gasteiger partial charge in [0.2, 0.25) is 0 Å². The number of benzene rings is 3. The number of methoxy groups -OCH3 is 1. The van der Waals surface area contributed by atoms with E-state index >= 15 is 0 Å². The highest BCUT2D eigenvalue weighted by molar-refractivity contribution is 6.16. The first-order valence-corrected chi connectivity index (χ1v) is 9.66. The summed E-state index contributed by atoms with van der Waals surface area (Å²) >= 11 is 0. The van der Waals surface area contributed by atoms with Gasteiger partial charge < -0.3 is 10.1 Å². The lowest BCUT2D eigenvalue weighted by molar-refractivity contribution is -0.125. The van der Waals surface area contributed by atoms with Crippen LogP contribution in [0.5, 0.6) is 5.75 Å². The second-order valence-electron chi connectivity index (χ2n) is 7.29. The topological polar surface area (TPSA) is 71.0 Å². The average molecular weight is 397 g/mol. The van der Waals surface area contributed by atoms with Crippen molar-refractivity contribution in [3.05, 3.63) is 95.6 Å². The van der Waals surface area contributed by atoms with Crippen molar-refractivity contribution in [1.82, 2.24) is 5.01 Å². The smallest absolute Gasteiger partial charge is 0.275 e. The highest BCUT2D eigenvalue weighted by Gasteiger charge is 2.57. The van der Waals surface area contributed by atoms with Crippen LogP contribution in [0.25, 0.3) is 0 Å². The molecule has 148 valence electrons. The van der Waals surface area contributed by atoms with Crippen molar-refractivity contribution in [1.29, 1.82) is 0 Å². The Kier molecular flexibility index (Phi) is 4.13. The van der Waals surface area contributed by atoms with Gasteiger partial charge in [0.25, 0.3) is 11.8 Å². The first kappa shape index (κ1) is 18.1. The molecule has 0 saturated heterocycles. The Bertz CT molecular complexity index is 1170. The molecule has 2 aliphatic heterocycles. The van der Waals surface area contributed by atoms with Crippen molar-refractivity contribution in [3.63, 3.8) is 0 Å². The standard InChI is InChI=1S/C24H19N3O3/c1-30-18-13-11-16(12-14-18)21-15-24(19-9-5-6-10-20(19)25-23(24)29)27(26-21)22(28)17-7-3-2-4-8-17/h2-14H,15H2,1H3,(H,25,29). The predicted molar refractivity (Wildman–Crippen MR) is 114 cm³/mol. The molecule has 3 aromatic carbocycles. The van der Waals surface area contributed by atoms with E-state index in [0.29, 0.717) is 23.4 Å². The van der Waals surface area contributed by atoms with Crippen molar-refractivity contribution >= 4 is 23.2 Å². The number of carbonyl (C=O) groups is 2. The number of para-hydroxylation sites is 1. The fourth-order valence-corrected chi connectivity index (χ4v) is 4.11. The fraction of sp³-hybridized carbons (Fsp3) is 0.125. The Labute approximate surface area is 173 Å². The summed E-state index contributed by atoms with van der Waals surface area (Å²) in [7, 11) is 1.61. The van der Waals surface area contributed by atoms with Crippen LogP contribution in [-0.4, -0.2) is 29.6 Å². The first-order chi connectivity index (χ1) is 14.6. The van der Waals surface area contributed by atoms with Crippen molar-refractivity contribution < 1.29 is 14.3 Å². The van der Waals surface area contributed by atoms with Gasteiger partial charge in [0.1, 0.15) is 5.75 Å². The third-order valence-corrected chi connectivity index (χ3v) is 5.64. The van der Waals surface area contributed by atoms with Crippen molar-refractivity contribution in [2.75, 3.05) is 12.4 Å². The lowest BCUT2D eigenvalue weighted by Crippen LogP contribution is -2.48. The maximum atomic E-state index is 13.5. The van der Waals surface area contributed by atoms with Crippen LogP contribution in [0.4, 0.5) is 5.69 Å². The molecule has 6 heteroatoms. The number of nitrogens with one attached hydrogen (secondary N) is 1. The van der Waals surface area contributed by atoms with Gasteiger partial charge in [-0.25, -0.2) is 5.01 Å². The third kappa shape index (κ3) is 2.61. The molecule has 1 unspecified atom stereocenters. The van der Waals surface area contributed by atoms with E-state index in [4.69, 9.17) is 4.74 Å². The van der Waals surface area contributed by atoms with Gasteiger partial charge in [0, 0.05) is 23.2 Å². The molecule has 0 bridgehead atoms. The zero-order chi connectivity index (χ0) is 20.7. The summed E-state index contributed by atoms with van der Waals surface area (Å²) in [6.45, 7) is 0. The van der Waals surface area contributed by atoms with Gasteiger partial charge >= 0.3 is 0 Å². The minimum atomic E-state index is -1.21. The molecule has 0 aliphatic carbocycles. The molecule has 0 saturated carbocycles. The summed E-state index contributed by atoms with van der Waals surface area (Å²) in [5.41, 5.74) is 2.25. The first-order valence-electron chi connectivity index (χ1n) is 9.66. The number of rotatable bonds is 3. The van der Waals surface area contributed by atoms with Gasteiger partial charge in [0.15, 0.2) is 5.54 Å². The zero-order valence-electron chi connectivity index (χ0n) is 16.3. The molecule has 2 amide bonds. The summed E-state index contributed by atoms with van der Waals surface area (Å²) in [5.74, 6) is 0.166. The number of amides is 2. The van der Waals surface area contributed by atoms with Crippen LogP contribution in [0.2, 0.25) is 0 Å². The molecule has 1 N–H and O–H groups in total. The van der Waals surface area contributed by atoms with Crippen LogP contribution in [0.1, 0.15) is 27.9 Å². The lowest BCUT2D eigenvalue weighted by Gasteiger charge is -2.30. The van der Waals surface area contributed by atoms with Crippen molar-refractivity contribution in [2.45, 2.75) is 12.0 Å². The van der Waals surface area contributed by atoms with E-state index in [2.05, 4.69) is 10.4 Å². The Balaban J connectivity index is 1.65. The number of carbonyl (C=O) groups excluding carboxylic acids is 2. The van der Waals surface area contributed by atoms with Gasteiger partial charge in [-0.1, -0.05) is 36.4 Å². The number of nitrogens with zero attached hydrogens (tertiary/aromatic N) is 2. The molecule has 2 aliphatic rings. The summed E-state index contributed by atoms with van der Waals surface area (Å²) in [5, 5.41) is 8.95. The van der Waals surface area contributed by atoms with Gasteiger partial charge in [-0.05, 0) is 48.0 Å². The highest BCUT2D eigenvalue weighted by atomic mass is 16.5. The molecular weight excluding hydrogens is 378 g/mol. The molecule has 1 spiro atoms. The van der Waals surface area contributed by atoms with Crippen LogP contribution in [-0.2, 0) is 10.3 Å². The van der Waals surface area contributed by atoms with E-state index < -0.39 is 5.54 Å². The molecule has 3 aromatic rings. The predicted octanol–water partition coefficient (Wildman–Crippen LogP) is 3.79. The quantitative estimate of drug-likeness (QED) is 0.731. The van der Waals surface area contributed by atoms with E-state index in [-0.39, 0.29) is 11.8 Å². The number of hydrogen-bond donors (Lipinski definition) is 1. The molecular formula is C24H19N3O3. The van der Waals surface area contributed by atoms with Gasteiger partial charge in [0.05, 0.1) is 12.8 Å². The number of fused-ring (bicyclic) bond motifs is 2. The highest BCUT2D eigenvalue weighted by Crippen LogP contribution is 2.47. The summed E-state index contributed by atoms with van der Waals surface area (Å²) in [6, 6.07) is 23.8. The molecule has 5 rings (SSSR count). The summed E-state index contributed by atoms with van der Waals surface area (Å²) in [4.78, 5) is 26.7. The molecule has 6 nitrogen and oxygen atoms in total. The number of anilines is 1. The van der Waals surface area contributed by atoms with Crippen LogP contribution < -0.4 is 10.1 Å². The Morgan fingerprint density at radius 1 is 1.00 bits per heavy atom. The Morgan fingerprint density at radius 3 is 2.43 bits per heavy atom. The SMILES string of the molecule is COc1ccc(C2=NN(C(=O)c3ccccc3)C3(C2)C(=O)Nc2ccccc23)cc1. The maximum Gasteiger partial charge on any atom is 0.275 e. The Hall–Kier alpha value is -3.93. The molecule has 0 aromatic heterocycles. The number of ether oxygens (including phenoxy) is 1. The molecule has 0 fully saturated rings. The molecule has 1 atom stereocenters. The molecule has 30 heavy (non-hydrogen) atoms. The second-order valence-corrected chi connectivity index (χ2v) is 7.29. The van der Waals surface area contributed by atoms with Crippen molar-refractivity contribution in [2.24, 2.45) is 5.10 Å². The average Bonchev–Trinajstić information content (AvgIpc) is 3.33. The lowest BCUT2D eigenvalue weighted by atomic mass is 9.84. The van der Waals surface area contributed by atoms with E-state index in [0.717, 1.165) is 16.9 Å². The summed E-state index contributed by atoms with van der Waals surface area (Å²) < 4.78 is 5.24. The largest absolute Gasteiger partial charge is 0.497 e. The van der Waals surface area contributed by atoms with E-state index in [9.17, 15) is 9.59 Å². The normalized spacial score (nSPS) is 19.4. The zero-order valence-corrected chi connectivity index (χ0v) is 16.3. The second kappa shape index (κ2) is 6.84. The van der Waals surface area contributed by atoms with Crippen molar-refractivity contribution in [3.8, 4) is 5.75 Å². The molecule has 0 radical (unpaired) electrons. The minimum absolute atomic E-state index is 0.250. The van der Waals surface area contributed by atoms with E-state index in [1.807, 2.05) is 54.6 Å². The van der Waals surface area contributed by atoms with Gasteiger partial charge in [-0.3, -0.25) is 9.59 Å². The van der Waals surface area contributed by atoms with Crippen LogP contribution in [0, 0.1) is 0 Å². The number of hydrogen-bond acceptors (Lipinski definition) is 4. The van der Waals surface area contributed by atoms with E-state index in [1.165, 1.54) is 5.01 Å². The van der Waals surface area contributed by atoms with Crippen LogP contribution in [0.15, 0.2) is 84.0 Å². The maximum absolute atomic E-state index is 13.5. The van der Waals surface area contributed by atoms with Gasteiger partial charge in [-0.15, -0.1) is 0 Å². The summed E-state index contributed by atoms with van der Waals surface area (Å²) in [6.07, 6.45) is 0.292. The van der Waals surface area contributed by atoms with Crippen LogP contribution in [0.3, 0.4) is 0 Å². The third-order valence-electron chi connectivity index (χ3n) is 5.64. The van der Waals surface area contributed by atoms with Crippen LogP contribution >= 0.6 is 0 Å². The monoisotopic (exact) mass is 397 g/mol.